The van der Waals surface area contributed by atoms with Gasteiger partial charge < -0.3 is 20.5 Å². The number of carbonyl (C=O) groups is 2. The molecule has 0 saturated carbocycles. The van der Waals surface area contributed by atoms with Crippen molar-refractivity contribution in [3.05, 3.63) is 105 Å². The van der Waals surface area contributed by atoms with Gasteiger partial charge in [0, 0.05) is 29.6 Å². The van der Waals surface area contributed by atoms with E-state index in [2.05, 4.69) is 5.32 Å². The monoisotopic (exact) mass is 503 g/mol. The number of nitrogens with zero attached hydrogens (tertiary/aromatic N) is 1. The van der Waals surface area contributed by atoms with Gasteiger partial charge in [-0.3, -0.25) is 19.7 Å². The Labute approximate surface area is 215 Å². The number of methoxy groups -OCH3 is 1. The number of nitrogens with two attached hydrogens (primary N) is 1. The Morgan fingerprint density at radius 3 is 2.35 bits per heavy atom. The predicted octanol–water partition coefficient (Wildman–Crippen LogP) is 5.51. The number of benzene rings is 3. The Bertz CT molecular complexity index is 1320. The van der Waals surface area contributed by atoms with Crippen LogP contribution in [0.1, 0.15) is 46.5 Å². The van der Waals surface area contributed by atoms with E-state index in [-0.39, 0.29) is 40.9 Å². The van der Waals surface area contributed by atoms with E-state index in [1.54, 1.807) is 18.2 Å². The maximum absolute atomic E-state index is 13.1. The fourth-order valence-corrected chi connectivity index (χ4v) is 3.66. The first-order chi connectivity index (χ1) is 17.7. The quantitative estimate of drug-likeness (QED) is 0.144. The number of hydrogen-bond acceptors (Lipinski definition) is 7. The van der Waals surface area contributed by atoms with Gasteiger partial charge in [0.25, 0.3) is 11.6 Å². The van der Waals surface area contributed by atoms with Crippen molar-refractivity contribution in [3.63, 3.8) is 0 Å². The summed E-state index contributed by atoms with van der Waals surface area (Å²) >= 11 is 0. The minimum atomic E-state index is -0.618. The van der Waals surface area contributed by atoms with E-state index in [9.17, 15) is 19.7 Å². The number of nitro benzene ring substituents is 1. The number of carbonyl (C=O) groups excluding carboxylic acids is 2. The number of ether oxygens (including phenoxy) is 2. The van der Waals surface area contributed by atoms with Crippen LogP contribution in [0.4, 0.5) is 11.4 Å². The van der Waals surface area contributed by atoms with E-state index < -0.39 is 10.8 Å². The van der Waals surface area contributed by atoms with Gasteiger partial charge in [-0.1, -0.05) is 44.2 Å². The summed E-state index contributed by atoms with van der Waals surface area (Å²) in [6.07, 6.45) is 1.98. The Kier molecular flexibility index (Phi) is 8.99. The number of anilines is 1. The Morgan fingerprint density at radius 2 is 1.73 bits per heavy atom. The number of ketones is 1. The topological polar surface area (TPSA) is 134 Å². The summed E-state index contributed by atoms with van der Waals surface area (Å²) in [6.45, 7) is 4.27. The summed E-state index contributed by atoms with van der Waals surface area (Å²) in [5.41, 5.74) is 7.95. The molecule has 0 aliphatic rings. The van der Waals surface area contributed by atoms with Gasteiger partial charge in [0.1, 0.15) is 18.1 Å². The molecular formula is C28H29N3O6. The lowest BCUT2D eigenvalue weighted by Crippen LogP contribution is -2.14. The normalized spacial score (nSPS) is 11.2. The first-order valence-corrected chi connectivity index (χ1v) is 11.6. The third-order valence-electron chi connectivity index (χ3n) is 5.38. The highest BCUT2D eigenvalue weighted by Crippen LogP contribution is 2.28. The van der Waals surface area contributed by atoms with Crippen molar-refractivity contribution in [1.82, 2.24) is 0 Å². The van der Waals surface area contributed by atoms with Gasteiger partial charge in [-0.15, -0.1) is 0 Å². The van der Waals surface area contributed by atoms with Crippen LogP contribution in [0.5, 0.6) is 11.5 Å². The summed E-state index contributed by atoms with van der Waals surface area (Å²) in [5.74, 6) is -0.350. The van der Waals surface area contributed by atoms with E-state index >= 15 is 0 Å². The molecule has 0 saturated heterocycles. The number of nitro groups is 1. The van der Waals surface area contributed by atoms with Crippen molar-refractivity contribution >= 4 is 23.1 Å². The molecule has 9 nitrogen and oxygen atoms in total. The molecule has 0 aromatic heterocycles. The maximum atomic E-state index is 13.1. The Morgan fingerprint density at radius 1 is 1.03 bits per heavy atom. The Balaban J connectivity index is 1.90. The molecule has 37 heavy (non-hydrogen) atoms. The SMILES string of the molecule is COc1cc([N+](=O)[O-])ccc1C(=O)/C=C(/CC(C)C)Nc1ccc(C(N)=O)c(OCc2ccccc2)c1. The van der Waals surface area contributed by atoms with E-state index in [0.29, 0.717) is 23.6 Å². The summed E-state index contributed by atoms with van der Waals surface area (Å²) < 4.78 is 11.1. The zero-order valence-corrected chi connectivity index (χ0v) is 20.9. The van der Waals surface area contributed by atoms with Crippen LogP contribution in [0.15, 0.2) is 78.5 Å². The van der Waals surface area contributed by atoms with Gasteiger partial charge in [-0.05, 0) is 36.1 Å². The molecular weight excluding hydrogens is 474 g/mol. The molecule has 1 amide bonds. The summed E-state index contributed by atoms with van der Waals surface area (Å²) in [5, 5.41) is 14.3. The summed E-state index contributed by atoms with van der Waals surface area (Å²) in [7, 11) is 1.35. The van der Waals surface area contributed by atoms with Crippen LogP contribution in [0.3, 0.4) is 0 Å². The van der Waals surface area contributed by atoms with Crippen molar-refractivity contribution in [2.24, 2.45) is 11.7 Å². The summed E-state index contributed by atoms with van der Waals surface area (Å²) in [6, 6.07) is 18.3. The number of rotatable bonds is 12. The molecule has 0 aliphatic heterocycles. The number of hydrogen-bond donors (Lipinski definition) is 2. The smallest absolute Gasteiger partial charge is 0.273 e. The molecule has 3 rings (SSSR count). The predicted molar refractivity (Wildman–Crippen MR) is 141 cm³/mol. The Hall–Kier alpha value is -4.66. The third-order valence-corrected chi connectivity index (χ3v) is 5.38. The lowest BCUT2D eigenvalue weighted by atomic mass is 10.0. The average molecular weight is 504 g/mol. The van der Waals surface area contributed by atoms with Crippen LogP contribution in [0.25, 0.3) is 0 Å². The van der Waals surface area contributed by atoms with Crippen molar-refractivity contribution in [2.75, 3.05) is 12.4 Å². The zero-order valence-electron chi connectivity index (χ0n) is 20.9. The minimum Gasteiger partial charge on any atom is -0.496 e. The van der Waals surface area contributed by atoms with E-state index in [0.717, 1.165) is 5.56 Å². The first-order valence-electron chi connectivity index (χ1n) is 11.6. The van der Waals surface area contributed by atoms with Crippen LogP contribution < -0.4 is 20.5 Å². The third kappa shape index (κ3) is 7.41. The molecule has 0 unspecified atom stereocenters. The van der Waals surface area contributed by atoms with Crippen molar-refractivity contribution in [3.8, 4) is 11.5 Å². The minimum absolute atomic E-state index is 0.113. The molecule has 0 radical (unpaired) electrons. The molecule has 0 bridgehead atoms. The highest BCUT2D eigenvalue weighted by Gasteiger charge is 2.17. The van der Waals surface area contributed by atoms with Crippen molar-refractivity contribution < 1.29 is 24.0 Å². The summed E-state index contributed by atoms with van der Waals surface area (Å²) in [4.78, 5) is 35.6. The lowest BCUT2D eigenvalue weighted by Gasteiger charge is -2.16. The van der Waals surface area contributed by atoms with E-state index in [1.165, 1.54) is 31.4 Å². The molecule has 0 heterocycles. The van der Waals surface area contributed by atoms with Crippen LogP contribution in [0.2, 0.25) is 0 Å². The number of amides is 1. The second-order valence-corrected chi connectivity index (χ2v) is 8.75. The molecule has 3 aromatic rings. The molecule has 3 N–H and O–H groups in total. The van der Waals surface area contributed by atoms with E-state index in [4.69, 9.17) is 15.2 Å². The van der Waals surface area contributed by atoms with Crippen LogP contribution in [-0.4, -0.2) is 23.7 Å². The average Bonchev–Trinajstić information content (AvgIpc) is 2.87. The van der Waals surface area contributed by atoms with Gasteiger partial charge >= 0.3 is 0 Å². The maximum Gasteiger partial charge on any atom is 0.273 e. The highest BCUT2D eigenvalue weighted by atomic mass is 16.6. The van der Waals surface area contributed by atoms with Gasteiger partial charge in [0.2, 0.25) is 0 Å². The highest BCUT2D eigenvalue weighted by molar-refractivity contribution is 6.07. The lowest BCUT2D eigenvalue weighted by molar-refractivity contribution is -0.384. The zero-order chi connectivity index (χ0) is 26.9. The number of nitrogens with one attached hydrogen (secondary N) is 1. The van der Waals surface area contributed by atoms with Crippen LogP contribution in [0, 0.1) is 16.0 Å². The second-order valence-electron chi connectivity index (χ2n) is 8.75. The largest absolute Gasteiger partial charge is 0.496 e. The van der Waals surface area contributed by atoms with Gasteiger partial charge in [0.15, 0.2) is 5.78 Å². The molecule has 9 heteroatoms. The van der Waals surface area contributed by atoms with Crippen molar-refractivity contribution in [2.45, 2.75) is 26.9 Å². The molecule has 0 spiro atoms. The van der Waals surface area contributed by atoms with Crippen LogP contribution in [-0.2, 0) is 6.61 Å². The molecule has 192 valence electrons. The van der Waals surface area contributed by atoms with Gasteiger partial charge in [-0.2, -0.15) is 0 Å². The first kappa shape index (κ1) is 26.9. The van der Waals surface area contributed by atoms with E-state index in [1.807, 2.05) is 44.2 Å². The molecule has 0 aliphatic carbocycles. The van der Waals surface area contributed by atoms with Gasteiger partial charge in [0.05, 0.1) is 29.2 Å². The fraction of sp³-hybridized carbons (Fsp3) is 0.214. The number of allylic oxidation sites excluding steroid dienone is 2. The van der Waals surface area contributed by atoms with Gasteiger partial charge in [-0.25, -0.2) is 0 Å². The fourth-order valence-electron chi connectivity index (χ4n) is 3.66. The number of non-ortho nitro benzene ring substituents is 1. The molecule has 0 fully saturated rings. The number of primary amides is 1. The van der Waals surface area contributed by atoms with Crippen LogP contribution >= 0.6 is 0 Å². The van der Waals surface area contributed by atoms with Crippen molar-refractivity contribution in [1.29, 1.82) is 0 Å². The second kappa shape index (κ2) is 12.3. The molecule has 0 atom stereocenters. The molecule has 3 aromatic carbocycles. The standard InChI is InChI=1S/C28H29N3O6/c1-18(2)13-21(14-25(32)23-12-10-22(31(34)35)16-26(23)36-3)30-20-9-11-24(28(29)33)27(15-20)37-17-19-7-5-4-6-8-19/h4-12,14-16,18,30H,13,17H2,1-3H3,(H2,29,33)/b21-14-.